The summed E-state index contributed by atoms with van der Waals surface area (Å²) in [6.07, 6.45) is 0.672. The molecule has 0 saturated heterocycles. The van der Waals surface area contributed by atoms with Crippen LogP contribution in [0.2, 0.25) is 0 Å². The molecule has 1 aromatic carbocycles. The Morgan fingerprint density at radius 3 is 2.59 bits per heavy atom. The molecule has 2 aromatic rings. The molecule has 0 spiro atoms. The monoisotopic (exact) mass is 232 g/mol. The Bertz CT molecular complexity index is 476. The number of aryl methyl sites for hydroxylation is 1. The number of phenols is 1. The number of nitrogens with zero attached hydrogens (tertiary/aromatic N) is 1. The standard InChI is InChI=1S/C13H16N2O2/c1-9-7-12(15-14-9)13(17-2)8-10-3-5-11(16)6-4-10/h3-7,13,16H,8H2,1-2H3,(H,14,15). The number of rotatable bonds is 4. The third-order valence-electron chi connectivity index (χ3n) is 2.70. The summed E-state index contributed by atoms with van der Waals surface area (Å²) in [4.78, 5) is 0. The summed E-state index contributed by atoms with van der Waals surface area (Å²) in [7, 11) is 1.68. The van der Waals surface area contributed by atoms with E-state index >= 15 is 0 Å². The van der Waals surface area contributed by atoms with Crippen LogP contribution in [-0.2, 0) is 11.2 Å². The van der Waals surface area contributed by atoms with Crippen molar-refractivity contribution in [1.29, 1.82) is 0 Å². The van der Waals surface area contributed by atoms with Crippen LogP contribution in [0.1, 0.15) is 23.1 Å². The first-order valence-electron chi connectivity index (χ1n) is 5.51. The zero-order chi connectivity index (χ0) is 12.3. The van der Waals surface area contributed by atoms with Crippen LogP contribution in [0.4, 0.5) is 0 Å². The van der Waals surface area contributed by atoms with E-state index < -0.39 is 0 Å². The molecule has 17 heavy (non-hydrogen) atoms. The number of benzene rings is 1. The number of aromatic hydroxyl groups is 1. The van der Waals surface area contributed by atoms with Crippen LogP contribution < -0.4 is 0 Å². The number of phenolic OH excluding ortho intramolecular Hbond substituents is 1. The number of aromatic nitrogens is 2. The van der Waals surface area contributed by atoms with Crippen molar-refractivity contribution >= 4 is 0 Å². The van der Waals surface area contributed by atoms with Gasteiger partial charge >= 0.3 is 0 Å². The highest BCUT2D eigenvalue weighted by atomic mass is 16.5. The van der Waals surface area contributed by atoms with Crippen LogP contribution in [-0.4, -0.2) is 22.4 Å². The molecule has 0 aliphatic rings. The molecule has 0 aliphatic heterocycles. The highest BCUT2D eigenvalue weighted by molar-refractivity contribution is 5.27. The zero-order valence-corrected chi connectivity index (χ0v) is 9.97. The van der Waals surface area contributed by atoms with Gasteiger partial charge in [0.05, 0.1) is 5.69 Å². The minimum absolute atomic E-state index is 0.0653. The van der Waals surface area contributed by atoms with Gasteiger partial charge in [0.25, 0.3) is 0 Å². The fourth-order valence-electron chi connectivity index (χ4n) is 1.76. The third kappa shape index (κ3) is 2.85. The fraction of sp³-hybridized carbons (Fsp3) is 0.308. The molecule has 2 N–H and O–H groups in total. The van der Waals surface area contributed by atoms with Crippen LogP contribution in [0.25, 0.3) is 0 Å². The smallest absolute Gasteiger partial charge is 0.115 e. The average molecular weight is 232 g/mol. The SMILES string of the molecule is COC(Cc1ccc(O)cc1)c1cc(C)[nH]n1. The Balaban J connectivity index is 2.12. The van der Waals surface area contributed by atoms with Crippen molar-refractivity contribution in [1.82, 2.24) is 10.2 Å². The topological polar surface area (TPSA) is 58.1 Å². The maximum absolute atomic E-state index is 9.22. The Hall–Kier alpha value is -1.81. The van der Waals surface area contributed by atoms with Gasteiger partial charge in [0.1, 0.15) is 11.9 Å². The fourth-order valence-corrected chi connectivity index (χ4v) is 1.76. The third-order valence-corrected chi connectivity index (χ3v) is 2.70. The Labute approximate surface area is 100 Å². The second kappa shape index (κ2) is 5.01. The molecule has 1 aromatic heterocycles. The quantitative estimate of drug-likeness (QED) is 0.850. The molecule has 4 heteroatoms. The minimum atomic E-state index is -0.0653. The van der Waals surface area contributed by atoms with E-state index in [1.165, 1.54) is 0 Å². The van der Waals surface area contributed by atoms with E-state index in [-0.39, 0.29) is 11.9 Å². The van der Waals surface area contributed by atoms with Gasteiger partial charge in [-0.15, -0.1) is 0 Å². The largest absolute Gasteiger partial charge is 0.508 e. The van der Waals surface area contributed by atoms with Gasteiger partial charge in [-0.05, 0) is 30.7 Å². The Morgan fingerprint density at radius 2 is 2.06 bits per heavy atom. The van der Waals surface area contributed by atoms with Crippen LogP contribution in [0.5, 0.6) is 5.75 Å². The van der Waals surface area contributed by atoms with Gasteiger partial charge in [-0.25, -0.2) is 0 Å². The van der Waals surface area contributed by atoms with E-state index in [9.17, 15) is 5.11 Å². The zero-order valence-electron chi connectivity index (χ0n) is 9.97. The molecule has 4 nitrogen and oxygen atoms in total. The molecule has 90 valence electrons. The van der Waals surface area contributed by atoms with E-state index in [1.807, 2.05) is 25.1 Å². The van der Waals surface area contributed by atoms with Crippen LogP contribution in [0.3, 0.4) is 0 Å². The molecular formula is C13H16N2O2. The molecule has 0 aliphatic carbocycles. The highest BCUT2D eigenvalue weighted by Gasteiger charge is 2.14. The molecule has 1 heterocycles. The lowest BCUT2D eigenvalue weighted by molar-refractivity contribution is 0.0999. The summed E-state index contributed by atoms with van der Waals surface area (Å²) in [5, 5.41) is 16.3. The van der Waals surface area contributed by atoms with Gasteiger partial charge in [0.15, 0.2) is 0 Å². The number of hydrogen-bond donors (Lipinski definition) is 2. The Morgan fingerprint density at radius 1 is 1.35 bits per heavy atom. The first-order chi connectivity index (χ1) is 8.19. The molecule has 0 radical (unpaired) electrons. The summed E-state index contributed by atoms with van der Waals surface area (Å²) in [5.41, 5.74) is 3.03. The van der Waals surface area contributed by atoms with Crippen molar-refractivity contribution in [3.05, 3.63) is 47.3 Å². The predicted octanol–water partition coefficient (Wildman–Crippen LogP) is 2.35. The summed E-state index contributed by atoms with van der Waals surface area (Å²) in [5.74, 6) is 0.276. The predicted molar refractivity (Wildman–Crippen MR) is 64.9 cm³/mol. The van der Waals surface area contributed by atoms with E-state index in [2.05, 4.69) is 10.2 Å². The second-order valence-electron chi connectivity index (χ2n) is 4.07. The van der Waals surface area contributed by atoms with Gasteiger partial charge in [-0.1, -0.05) is 12.1 Å². The molecule has 0 fully saturated rings. The van der Waals surface area contributed by atoms with Gasteiger partial charge in [0, 0.05) is 19.2 Å². The molecule has 0 amide bonds. The highest BCUT2D eigenvalue weighted by Crippen LogP contribution is 2.21. The molecule has 0 saturated carbocycles. The van der Waals surface area contributed by atoms with Crippen LogP contribution in [0, 0.1) is 6.92 Å². The number of ether oxygens (including phenoxy) is 1. The number of H-pyrrole nitrogens is 1. The van der Waals surface area contributed by atoms with Crippen molar-refractivity contribution in [2.45, 2.75) is 19.4 Å². The molecule has 0 bridgehead atoms. The van der Waals surface area contributed by atoms with Crippen LogP contribution >= 0.6 is 0 Å². The number of nitrogens with one attached hydrogen (secondary N) is 1. The second-order valence-corrected chi connectivity index (χ2v) is 4.07. The van der Waals surface area contributed by atoms with Crippen molar-refractivity contribution in [3.63, 3.8) is 0 Å². The minimum Gasteiger partial charge on any atom is -0.508 e. The number of hydrogen-bond acceptors (Lipinski definition) is 3. The first-order valence-corrected chi connectivity index (χ1v) is 5.51. The summed E-state index contributed by atoms with van der Waals surface area (Å²) in [6, 6.07) is 9.12. The van der Waals surface area contributed by atoms with E-state index in [0.717, 1.165) is 23.4 Å². The normalized spacial score (nSPS) is 12.6. The summed E-state index contributed by atoms with van der Waals surface area (Å²) in [6.45, 7) is 1.96. The van der Waals surface area contributed by atoms with Gasteiger partial charge < -0.3 is 9.84 Å². The average Bonchev–Trinajstić information content (AvgIpc) is 2.75. The molecular weight excluding hydrogens is 216 g/mol. The maximum atomic E-state index is 9.22. The maximum Gasteiger partial charge on any atom is 0.115 e. The van der Waals surface area contributed by atoms with Crippen molar-refractivity contribution in [3.8, 4) is 5.75 Å². The lowest BCUT2D eigenvalue weighted by atomic mass is 10.1. The molecule has 1 atom stereocenters. The van der Waals surface area contributed by atoms with Gasteiger partial charge in [0.2, 0.25) is 0 Å². The number of methoxy groups -OCH3 is 1. The molecule has 1 unspecified atom stereocenters. The summed E-state index contributed by atoms with van der Waals surface area (Å²) < 4.78 is 5.44. The summed E-state index contributed by atoms with van der Waals surface area (Å²) >= 11 is 0. The van der Waals surface area contributed by atoms with Crippen molar-refractivity contribution in [2.24, 2.45) is 0 Å². The van der Waals surface area contributed by atoms with Gasteiger partial charge in [-0.3, -0.25) is 5.10 Å². The van der Waals surface area contributed by atoms with Crippen LogP contribution in [0.15, 0.2) is 30.3 Å². The van der Waals surface area contributed by atoms with E-state index in [0.29, 0.717) is 0 Å². The lowest BCUT2D eigenvalue weighted by Gasteiger charge is -2.12. The van der Waals surface area contributed by atoms with E-state index in [1.54, 1.807) is 19.2 Å². The first kappa shape index (κ1) is 11.7. The van der Waals surface area contributed by atoms with Gasteiger partial charge in [-0.2, -0.15) is 5.10 Å². The van der Waals surface area contributed by atoms with Crippen molar-refractivity contribution < 1.29 is 9.84 Å². The van der Waals surface area contributed by atoms with E-state index in [4.69, 9.17) is 4.74 Å². The lowest BCUT2D eigenvalue weighted by Crippen LogP contribution is -2.05. The number of aromatic amines is 1. The molecule has 2 rings (SSSR count). The van der Waals surface area contributed by atoms with Crippen molar-refractivity contribution in [2.75, 3.05) is 7.11 Å². The Kier molecular flexibility index (Phi) is 3.44.